The maximum atomic E-state index is 5.72. The van der Waals surface area contributed by atoms with Gasteiger partial charge in [0.25, 0.3) is 0 Å². The molecule has 0 radical (unpaired) electrons. The fourth-order valence-electron chi connectivity index (χ4n) is 1.52. The van der Waals surface area contributed by atoms with Gasteiger partial charge >= 0.3 is 0 Å². The first-order chi connectivity index (χ1) is 6.15. The molecule has 0 spiro atoms. The fourth-order valence-corrected chi connectivity index (χ4v) is 2.01. The molecule has 0 bridgehead atoms. The highest BCUT2D eigenvalue weighted by Gasteiger charge is 2.23. The Hall–Kier alpha value is 0.140. The molecule has 1 aliphatic rings. The minimum absolute atomic E-state index is 0.0941. The Bertz CT molecular complexity index is 201. The average Bonchev–Trinajstić information content (AvgIpc) is 2.37. The van der Waals surface area contributed by atoms with Gasteiger partial charge in [0.05, 0.1) is 6.10 Å². The lowest BCUT2D eigenvalue weighted by atomic mass is 10.2. The van der Waals surface area contributed by atoms with Gasteiger partial charge < -0.3 is 9.47 Å². The van der Waals surface area contributed by atoms with Crippen molar-refractivity contribution in [3.63, 3.8) is 0 Å². The molecule has 1 rings (SSSR count). The van der Waals surface area contributed by atoms with E-state index in [9.17, 15) is 0 Å². The molecule has 1 aliphatic carbocycles. The van der Waals surface area contributed by atoms with Gasteiger partial charge in [-0.3, -0.25) is 0 Å². The maximum absolute atomic E-state index is 5.72. The average molecular weight is 249 g/mol. The zero-order valence-electron chi connectivity index (χ0n) is 8.47. The van der Waals surface area contributed by atoms with Crippen LogP contribution in [0.3, 0.4) is 0 Å². The van der Waals surface area contributed by atoms with E-state index in [1.807, 2.05) is 13.8 Å². The highest BCUT2D eigenvalue weighted by atomic mass is 79.9. The van der Waals surface area contributed by atoms with Gasteiger partial charge in [-0.25, -0.2) is 0 Å². The zero-order valence-corrected chi connectivity index (χ0v) is 10.1. The van der Waals surface area contributed by atoms with Crippen LogP contribution in [-0.2, 0) is 9.47 Å². The first-order valence-electron chi connectivity index (χ1n) is 4.77. The zero-order chi connectivity index (χ0) is 9.84. The molecule has 0 N–H and O–H groups in total. The first kappa shape index (κ1) is 11.2. The molecule has 76 valence electrons. The van der Waals surface area contributed by atoms with Crippen molar-refractivity contribution in [2.45, 2.75) is 46.0 Å². The summed E-state index contributed by atoms with van der Waals surface area (Å²) in [5.74, 6) is 0. The quantitative estimate of drug-likeness (QED) is 0.712. The summed E-state index contributed by atoms with van der Waals surface area (Å²) in [6.07, 6.45) is 2.32. The van der Waals surface area contributed by atoms with E-state index < -0.39 is 0 Å². The minimum Gasteiger partial charge on any atom is -0.353 e. The van der Waals surface area contributed by atoms with Gasteiger partial charge in [-0.05, 0) is 43.7 Å². The van der Waals surface area contributed by atoms with Gasteiger partial charge in [0.1, 0.15) is 0 Å². The molecule has 2 unspecified atom stereocenters. The number of hydrogen-bond donors (Lipinski definition) is 0. The molecule has 0 heterocycles. The van der Waals surface area contributed by atoms with E-state index in [4.69, 9.17) is 9.47 Å². The van der Waals surface area contributed by atoms with E-state index >= 15 is 0 Å². The monoisotopic (exact) mass is 248 g/mol. The highest BCUT2D eigenvalue weighted by molar-refractivity contribution is 9.11. The van der Waals surface area contributed by atoms with Crippen LogP contribution in [0, 0.1) is 0 Å². The van der Waals surface area contributed by atoms with Gasteiger partial charge in [-0.15, -0.1) is 0 Å². The topological polar surface area (TPSA) is 18.5 Å². The lowest BCUT2D eigenvalue weighted by molar-refractivity contribution is -0.147. The molecule has 0 saturated carbocycles. The smallest absolute Gasteiger partial charge is 0.155 e. The van der Waals surface area contributed by atoms with Crippen LogP contribution >= 0.6 is 15.9 Å². The Morgan fingerprint density at radius 2 is 2.31 bits per heavy atom. The number of ether oxygens (including phenoxy) is 2. The Morgan fingerprint density at radius 1 is 1.62 bits per heavy atom. The Morgan fingerprint density at radius 3 is 2.77 bits per heavy atom. The first-order valence-corrected chi connectivity index (χ1v) is 5.56. The molecular formula is C10H17BrO2. The van der Waals surface area contributed by atoms with Crippen LogP contribution in [0.2, 0.25) is 0 Å². The van der Waals surface area contributed by atoms with E-state index in [2.05, 4.69) is 22.9 Å². The molecule has 2 atom stereocenters. The molecule has 0 aromatic heterocycles. The Labute approximate surface area is 88.4 Å². The van der Waals surface area contributed by atoms with Crippen LogP contribution in [0.15, 0.2) is 10.1 Å². The van der Waals surface area contributed by atoms with Crippen molar-refractivity contribution in [2.24, 2.45) is 0 Å². The van der Waals surface area contributed by atoms with E-state index in [-0.39, 0.29) is 12.4 Å². The lowest BCUT2D eigenvalue weighted by Crippen LogP contribution is -2.21. The number of halogens is 1. The second kappa shape index (κ2) is 5.13. The van der Waals surface area contributed by atoms with E-state index in [0.717, 1.165) is 12.8 Å². The summed E-state index contributed by atoms with van der Waals surface area (Å²) in [5.41, 5.74) is 1.31. The van der Waals surface area contributed by atoms with Crippen LogP contribution in [-0.4, -0.2) is 19.0 Å². The van der Waals surface area contributed by atoms with Gasteiger partial charge in [-0.1, -0.05) is 15.9 Å². The number of rotatable bonds is 4. The summed E-state index contributed by atoms with van der Waals surface area (Å²) >= 11 is 3.53. The third kappa shape index (κ3) is 3.08. The van der Waals surface area contributed by atoms with E-state index in [1.165, 1.54) is 10.1 Å². The van der Waals surface area contributed by atoms with Crippen LogP contribution in [0.25, 0.3) is 0 Å². The SMILES string of the molecule is CCOC(C)OC1CCC(Br)=C1C. The van der Waals surface area contributed by atoms with Crippen molar-refractivity contribution in [3.05, 3.63) is 10.1 Å². The van der Waals surface area contributed by atoms with Crippen molar-refractivity contribution in [1.82, 2.24) is 0 Å². The Balaban J connectivity index is 2.38. The molecule has 0 aromatic carbocycles. The second-order valence-electron chi connectivity index (χ2n) is 3.27. The summed E-state index contributed by atoms with van der Waals surface area (Å²) < 4.78 is 12.3. The predicted octanol–water partition coefficient (Wildman–Crippen LogP) is 3.22. The third-order valence-corrected chi connectivity index (χ3v) is 3.32. The molecule has 2 nitrogen and oxygen atoms in total. The van der Waals surface area contributed by atoms with Crippen molar-refractivity contribution in [1.29, 1.82) is 0 Å². The molecular weight excluding hydrogens is 232 g/mol. The van der Waals surface area contributed by atoms with Crippen molar-refractivity contribution in [3.8, 4) is 0 Å². The number of hydrogen-bond acceptors (Lipinski definition) is 2. The van der Waals surface area contributed by atoms with E-state index in [0.29, 0.717) is 6.61 Å². The highest BCUT2D eigenvalue weighted by Crippen LogP contribution is 2.32. The molecule has 0 fully saturated rings. The Kier molecular flexibility index (Phi) is 4.42. The van der Waals surface area contributed by atoms with Crippen LogP contribution in [0.4, 0.5) is 0 Å². The van der Waals surface area contributed by atoms with Crippen LogP contribution < -0.4 is 0 Å². The largest absolute Gasteiger partial charge is 0.353 e. The van der Waals surface area contributed by atoms with Gasteiger partial charge in [-0.2, -0.15) is 0 Å². The van der Waals surface area contributed by atoms with Crippen molar-refractivity contribution < 1.29 is 9.47 Å². The molecule has 0 saturated heterocycles. The molecule has 0 amide bonds. The molecule has 0 aliphatic heterocycles. The lowest BCUT2D eigenvalue weighted by Gasteiger charge is -2.19. The molecule has 0 aromatic rings. The summed E-state index contributed by atoms with van der Waals surface area (Å²) in [6.45, 7) is 6.74. The summed E-state index contributed by atoms with van der Waals surface area (Å²) in [6, 6.07) is 0. The predicted molar refractivity (Wildman–Crippen MR) is 56.8 cm³/mol. The summed E-state index contributed by atoms with van der Waals surface area (Å²) in [7, 11) is 0. The van der Waals surface area contributed by atoms with Gasteiger partial charge in [0.2, 0.25) is 0 Å². The van der Waals surface area contributed by atoms with Gasteiger partial charge in [0.15, 0.2) is 6.29 Å². The van der Waals surface area contributed by atoms with Crippen LogP contribution in [0.5, 0.6) is 0 Å². The molecule has 3 heteroatoms. The minimum atomic E-state index is -0.0941. The van der Waals surface area contributed by atoms with Crippen molar-refractivity contribution in [2.75, 3.05) is 6.61 Å². The van der Waals surface area contributed by atoms with Crippen molar-refractivity contribution >= 4 is 15.9 Å². The molecule has 13 heavy (non-hydrogen) atoms. The maximum Gasteiger partial charge on any atom is 0.155 e. The number of allylic oxidation sites excluding steroid dienone is 1. The van der Waals surface area contributed by atoms with Gasteiger partial charge in [0, 0.05) is 6.61 Å². The third-order valence-electron chi connectivity index (χ3n) is 2.29. The summed E-state index contributed by atoms with van der Waals surface area (Å²) in [5, 5.41) is 0. The standard InChI is InChI=1S/C10H17BrO2/c1-4-12-8(3)13-10-6-5-9(11)7(10)2/h8,10H,4-6H2,1-3H3. The summed E-state index contributed by atoms with van der Waals surface area (Å²) in [4.78, 5) is 0. The fraction of sp³-hybridized carbons (Fsp3) is 0.800. The normalized spacial score (nSPS) is 25.4. The second-order valence-corrected chi connectivity index (χ2v) is 4.23. The van der Waals surface area contributed by atoms with Crippen LogP contribution in [0.1, 0.15) is 33.6 Å². The van der Waals surface area contributed by atoms with E-state index in [1.54, 1.807) is 0 Å².